The Hall–Kier alpha value is -1.40. The number of Topliss-reactive ketones (excluding diaryl/α,β-unsaturated/α-hetero) is 1. The maximum absolute atomic E-state index is 12.6. The summed E-state index contributed by atoms with van der Waals surface area (Å²) in [6.07, 6.45) is 5.29. The second-order valence-electron chi connectivity index (χ2n) is 8.08. The summed E-state index contributed by atoms with van der Waals surface area (Å²) < 4.78 is 6.32. The average molecular weight is 354 g/mol. The summed E-state index contributed by atoms with van der Waals surface area (Å²) in [5.74, 6) is -2.05. The first-order chi connectivity index (χ1) is 10.8. The Morgan fingerprint density at radius 2 is 1.88 bits per heavy atom. The van der Waals surface area contributed by atoms with Gasteiger partial charge in [-0.2, -0.15) is 0 Å². The van der Waals surface area contributed by atoms with E-state index in [0.717, 1.165) is 5.70 Å². The van der Waals surface area contributed by atoms with Gasteiger partial charge in [-0.05, 0) is 36.4 Å². The smallest absolute Gasteiger partial charge is 0.340 e. The Bertz CT molecular complexity index is 572. The lowest BCUT2D eigenvalue weighted by Crippen LogP contribution is -2.58. The molecule has 0 amide bonds. The van der Waals surface area contributed by atoms with Gasteiger partial charge >= 0.3 is 5.97 Å². The molecule has 1 aliphatic carbocycles. The fraction of sp³-hybridized carbons (Fsp3) is 0.667. The van der Waals surface area contributed by atoms with Gasteiger partial charge < -0.3 is 14.4 Å². The van der Waals surface area contributed by atoms with Crippen LogP contribution < -0.4 is 0 Å². The molecular formula is C18H31NO4Si. The summed E-state index contributed by atoms with van der Waals surface area (Å²) in [7, 11) is 1.33. The van der Waals surface area contributed by atoms with Crippen molar-refractivity contribution in [2.75, 3.05) is 14.1 Å². The topological polar surface area (TPSA) is 66.8 Å². The van der Waals surface area contributed by atoms with Crippen LogP contribution in [0.2, 0.25) is 18.1 Å². The third kappa shape index (κ3) is 3.80. The average Bonchev–Trinajstić information content (AvgIpc) is 2.44. The van der Waals surface area contributed by atoms with Crippen LogP contribution in [0.4, 0.5) is 0 Å². The van der Waals surface area contributed by atoms with Crippen LogP contribution in [0.5, 0.6) is 0 Å². The van der Waals surface area contributed by atoms with Gasteiger partial charge in [0.25, 0.3) is 0 Å². The number of aliphatic carboxylic acids is 1. The molecule has 2 atom stereocenters. The number of carbonyl (C=O) groups is 2. The first-order valence-corrected chi connectivity index (χ1v) is 11.2. The standard InChI is InChI=1S/C18H31NO4Si/c1-9-15(20)14-12-13(19(5)6)10-11-18(14,16(21)22)23-24(7,8)17(2,3)4/h10-12,14H,9H2,1-8H3,(H,21,22). The van der Waals surface area contributed by atoms with Crippen molar-refractivity contribution in [1.29, 1.82) is 0 Å². The second kappa shape index (κ2) is 6.84. The zero-order chi connectivity index (χ0) is 18.9. The van der Waals surface area contributed by atoms with Gasteiger partial charge in [-0.1, -0.05) is 27.7 Å². The van der Waals surface area contributed by atoms with Gasteiger partial charge in [0, 0.05) is 26.2 Å². The summed E-state index contributed by atoms with van der Waals surface area (Å²) in [5.41, 5.74) is -0.812. The number of hydrogen-bond acceptors (Lipinski definition) is 4. The predicted octanol–water partition coefficient (Wildman–Crippen LogP) is 3.44. The van der Waals surface area contributed by atoms with E-state index in [9.17, 15) is 14.7 Å². The van der Waals surface area contributed by atoms with E-state index < -0.39 is 25.8 Å². The Labute approximate surface area is 146 Å². The van der Waals surface area contributed by atoms with E-state index in [1.54, 1.807) is 25.2 Å². The molecule has 0 bridgehead atoms. The summed E-state index contributed by atoms with van der Waals surface area (Å²) in [4.78, 5) is 26.7. The Morgan fingerprint density at radius 3 is 2.25 bits per heavy atom. The normalized spacial score (nSPS) is 24.5. The first kappa shape index (κ1) is 20.6. The van der Waals surface area contributed by atoms with Crippen LogP contribution in [-0.4, -0.2) is 49.8 Å². The predicted molar refractivity (Wildman–Crippen MR) is 98.3 cm³/mol. The molecule has 0 aromatic carbocycles. The van der Waals surface area contributed by atoms with E-state index in [1.807, 2.05) is 32.1 Å². The molecule has 136 valence electrons. The minimum absolute atomic E-state index is 0.125. The van der Waals surface area contributed by atoms with E-state index in [4.69, 9.17) is 4.43 Å². The van der Waals surface area contributed by atoms with Crippen LogP contribution in [0.1, 0.15) is 34.1 Å². The molecule has 0 saturated heterocycles. The van der Waals surface area contributed by atoms with Gasteiger partial charge in [0.15, 0.2) is 13.9 Å². The van der Waals surface area contributed by atoms with Gasteiger partial charge in [0.05, 0.1) is 5.92 Å². The third-order valence-electron chi connectivity index (χ3n) is 5.08. The molecule has 2 unspecified atom stereocenters. The molecule has 0 heterocycles. The van der Waals surface area contributed by atoms with Crippen molar-refractivity contribution < 1.29 is 19.1 Å². The molecule has 0 aromatic rings. The Balaban J connectivity index is 3.47. The van der Waals surface area contributed by atoms with E-state index >= 15 is 0 Å². The SMILES string of the molecule is CCC(=O)C1C=C(N(C)C)C=CC1(O[Si](C)(C)C(C)(C)C)C(=O)O. The van der Waals surface area contributed by atoms with Crippen LogP contribution in [0.15, 0.2) is 23.9 Å². The molecule has 0 radical (unpaired) electrons. The quantitative estimate of drug-likeness (QED) is 0.741. The molecule has 6 heteroatoms. The van der Waals surface area contributed by atoms with E-state index in [1.165, 1.54) is 0 Å². The highest BCUT2D eigenvalue weighted by molar-refractivity contribution is 6.74. The van der Waals surface area contributed by atoms with Gasteiger partial charge in [-0.15, -0.1) is 0 Å². The van der Waals surface area contributed by atoms with Crippen LogP contribution in [0, 0.1) is 5.92 Å². The van der Waals surface area contributed by atoms with Crippen LogP contribution in [0.25, 0.3) is 0 Å². The van der Waals surface area contributed by atoms with E-state index in [2.05, 4.69) is 20.8 Å². The molecule has 0 saturated carbocycles. The van der Waals surface area contributed by atoms with Crippen LogP contribution in [0.3, 0.4) is 0 Å². The molecular weight excluding hydrogens is 322 g/mol. The molecule has 1 N–H and O–H groups in total. The van der Waals surface area contributed by atoms with Gasteiger partial charge in [0.2, 0.25) is 0 Å². The highest BCUT2D eigenvalue weighted by atomic mass is 28.4. The van der Waals surface area contributed by atoms with Gasteiger partial charge in [-0.25, -0.2) is 4.79 Å². The zero-order valence-corrected chi connectivity index (χ0v) is 17.1. The number of rotatable bonds is 6. The number of carbonyl (C=O) groups excluding carboxylic acids is 1. The lowest BCUT2D eigenvalue weighted by atomic mass is 9.79. The van der Waals surface area contributed by atoms with Crippen molar-refractivity contribution in [3.63, 3.8) is 0 Å². The fourth-order valence-corrected chi connectivity index (χ4v) is 3.87. The largest absolute Gasteiger partial charge is 0.479 e. The number of carboxylic acid groups (broad SMARTS) is 1. The van der Waals surface area contributed by atoms with E-state index in [-0.39, 0.29) is 17.2 Å². The Morgan fingerprint density at radius 1 is 1.33 bits per heavy atom. The van der Waals surface area contributed by atoms with Gasteiger partial charge in [0.1, 0.15) is 5.78 Å². The lowest BCUT2D eigenvalue weighted by molar-refractivity contribution is -0.158. The van der Waals surface area contributed by atoms with Crippen molar-refractivity contribution in [2.45, 2.75) is 57.8 Å². The number of likely N-dealkylation sites (N-methyl/N-ethyl adjacent to an activating group) is 1. The number of allylic oxidation sites excluding steroid dienone is 1. The third-order valence-corrected chi connectivity index (χ3v) is 9.54. The highest BCUT2D eigenvalue weighted by Crippen LogP contribution is 2.43. The highest BCUT2D eigenvalue weighted by Gasteiger charge is 2.54. The Kier molecular flexibility index (Phi) is 5.88. The van der Waals surface area contributed by atoms with Crippen LogP contribution in [-0.2, 0) is 14.0 Å². The molecule has 1 rings (SSSR count). The van der Waals surface area contributed by atoms with Crippen molar-refractivity contribution in [2.24, 2.45) is 5.92 Å². The van der Waals surface area contributed by atoms with Crippen molar-refractivity contribution in [1.82, 2.24) is 4.90 Å². The molecule has 5 nitrogen and oxygen atoms in total. The molecule has 0 aromatic heterocycles. The van der Waals surface area contributed by atoms with Crippen molar-refractivity contribution in [3.05, 3.63) is 23.9 Å². The fourth-order valence-electron chi connectivity index (χ4n) is 2.43. The molecule has 0 spiro atoms. The lowest BCUT2D eigenvalue weighted by Gasteiger charge is -2.45. The number of nitrogens with zero attached hydrogens (tertiary/aromatic N) is 1. The summed E-state index contributed by atoms with van der Waals surface area (Å²) in [6.45, 7) is 11.9. The molecule has 24 heavy (non-hydrogen) atoms. The van der Waals surface area contributed by atoms with Crippen molar-refractivity contribution in [3.8, 4) is 0 Å². The molecule has 0 fully saturated rings. The molecule has 1 aliphatic rings. The minimum atomic E-state index is -2.40. The second-order valence-corrected chi connectivity index (χ2v) is 12.8. The van der Waals surface area contributed by atoms with E-state index in [0.29, 0.717) is 0 Å². The molecule has 0 aliphatic heterocycles. The van der Waals surface area contributed by atoms with Gasteiger partial charge in [-0.3, -0.25) is 4.79 Å². The monoisotopic (exact) mass is 353 g/mol. The first-order valence-electron chi connectivity index (χ1n) is 8.33. The maximum atomic E-state index is 12.6. The number of ketones is 1. The number of carboxylic acids is 1. The summed E-state index contributed by atoms with van der Waals surface area (Å²) in [5, 5.41) is 9.85. The number of hydrogen-bond donors (Lipinski definition) is 1. The summed E-state index contributed by atoms with van der Waals surface area (Å²) in [6, 6.07) is 0. The minimum Gasteiger partial charge on any atom is -0.479 e. The van der Waals surface area contributed by atoms with Crippen molar-refractivity contribution >= 4 is 20.1 Å². The summed E-state index contributed by atoms with van der Waals surface area (Å²) >= 11 is 0. The van der Waals surface area contributed by atoms with Crippen LogP contribution >= 0.6 is 0 Å². The zero-order valence-electron chi connectivity index (χ0n) is 16.1. The maximum Gasteiger partial charge on any atom is 0.340 e.